The third-order valence-corrected chi connectivity index (χ3v) is 2.30. The lowest BCUT2D eigenvalue weighted by atomic mass is 10.3. The zero-order valence-corrected chi connectivity index (χ0v) is 8.73. The summed E-state index contributed by atoms with van der Waals surface area (Å²) < 4.78 is 1.55. The maximum absolute atomic E-state index is 8.80. The number of aryl methyl sites for hydroxylation is 1. The monoisotopic (exact) mass is 218 g/mol. The number of nitrogens with zero attached hydrogens (tertiary/aromatic N) is 4. The van der Waals surface area contributed by atoms with Gasteiger partial charge in [0.1, 0.15) is 11.1 Å². The second-order valence-electron chi connectivity index (χ2n) is 3.01. The maximum atomic E-state index is 8.80. The molecule has 2 rings (SSSR count). The molecular formula is C10H7ClN4. The van der Waals surface area contributed by atoms with Gasteiger partial charge in [0.15, 0.2) is 5.82 Å². The maximum Gasteiger partial charge on any atom is 0.173 e. The Hall–Kier alpha value is -1.86. The Morgan fingerprint density at radius 1 is 1.47 bits per heavy atom. The standard InChI is InChI=1S/C10H7ClN4/c1-7-3-5-15(14-7)10-9(11)8(6-12)2-4-13-10/h2-5H,1H3. The molecule has 0 bridgehead atoms. The van der Waals surface area contributed by atoms with Crippen molar-refractivity contribution in [3.05, 3.63) is 40.8 Å². The van der Waals surface area contributed by atoms with E-state index in [9.17, 15) is 0 Å². The first kappa shape index (κ1) is 9.69. The van der Waals surface area contributed by atoms with Crippen LogP contribution in [-0.2, 0) is 0 Å². The van der Waals surface area contributed by atoms with E-state index in [1.165, 1.54) is 6.20 Å². The van der Waals surface area contributed by atoms with Crippen LogP contribution in [-0.4, -0.2) is 14.8 Å². The number of hydrogen-bond donors (Lipinski definition) is 0. The summed E-state index contributed by atoms with van der Waals surface area (Å²) in [5.41, 5.74) is 1.27. The van der Waals surface area contributed by atoms with Gasteiger partial charge >= 0.3 is 0 Å². The van der Waals surface area contributed by atoms with Crippen molar-refractivity contribution in [1.82, 2.24) is 14.8 Å². The van der Waals surface area contributed by atoms with Gasteiger partial charge in [0.2, 0.25) is 0 Å². The lowest BCUT2D eigenvalue weighted by Crippen LogP contribution is -2.00. The normalized spacial score (nSPS) is 9.93. The van der Waals surface area contributed by atoms with Crippen molar-refractivity contribution in [3.63, 3.8) is 0 Å². The van der Waals surface area contributed by atoms with Crippen molar-refractivity contribution < 1.29 is 0 Å². The summed E-state index contributed by atoms with van der Waals surface area (Å²) in [5.74, 6) is 0.476. The molecule has 0 spiro atoms. The topological polar surface area (TPSA) is 54.5 Å². The Labute approximate surface area is 91.7 Å². The van der Waals surface area contributed by atoms with Gasteiger partial charge in [-0.05, 0) is 19.1 Å². The van der Waals surface area contributed by atoms with E-state index in [2.05, 4.69) is 10.1 Å². The van der Waals surface area contributed by atoms with E-state index in [0.29, 0.717) is 16.4 Å². The molecule has 0 saturated heterocycles. The molecule has 0 radical (unpaired) electrons. The molecule has 0 saturated carbocycles. The molecule has 0 aliphatic heterocycles. The van der Waals surface area contributed by atoms with Crippen molar-refractivity contribution in [3.8, 4) is 11.9 Å². The highest BCUT2D eigenvalue weighted by Gasteiger charge is 2.09. The van der Waals surface area contributed by atoms with Crippen LogP contribution in [0.15, 0.2) is 24.5 Å². The van der Waals surface area contributed by atoms with Gasteiger partial charge in [0, 0.05) is 12.4 Å². The third kappa shape index (κ3) is 1.69. The number of pyridine rings is 1. The van der Waals surface area contributed by atoms with E-state index in [0.717, 1.165) is 5.69 Å². The van der Waals surface area contributed by atoms with E-state index < -0.39 is 0 Å². The predicted molar refractivity (Wildman–Crippen MR) is 55.8 cm³/mol. The Balaban J connectivity index is 2.59. The molecule has 0 N–H and O–H groups in total. The Kier molecular flexibility index (Phi) is 2.40. The minimum Gasteiger partial charge on any atom is -0.236 e. The van der Waals surface area contributed by atoms with Gasteiger partial charge in [-0.25, -0.2) is 9.67 Å². The molecule has 2 heterocycles. The molecule has 0 fully saturated rings. The summed E-state index contributed by atoms with van der Waals surface area (Å²) in [7, 11) is 0. The molecule has 2 aromatic rings. The smallest absolute Gasteiger partial charge is 0.173 e. The third-order valence-electron chi connectivity index (χ3n) is 1.93. The van der Waals surface area contributed by atoms with Crippen LogP contribution in [0, 0.1) is 18.3 Å². The molecule has 0 amide bonds. The average Bonchev–Trinajstić information content (AvgIpc) is 2.65. The van der Waals surface area contributed by atoms with E-state index >= 15 is 0 Å². The van der Waals surface area contributed by atoms with Crippen molar-refractivity contribution in [2.24, 2.45) is 0 Å². The van der Waals surface area contributed by atoms with Crippen molar-refractivity contribution >= 4 is 11.6 Å². The second-order valence-corrected chi connectivity index (χ2v) is 3.39. The van der Waals surface area contributed by atoms with Gasteiger partial charge in [-0.3, -0.25) is 0 Å². The minimum atomic E-state index is 0.322. The number of halogens is 1. The summed E-state index contributed by atoms with van der Waals surface area (Å²) in [6.07, 6.45) is 3.29. The largest absolute Gasteiger partial charge is 0.236 e. The van der Waals surface area contributed by atoms with E-state index in [1.54, 1.807) is 16.9 Å². The fourth-order valence-electron chi connectivity index (χ4n) is 1.21. The molecule has 15 heavy (non-hydrogen) atoms. The number of nitriles is 1. The van der Waals surface area contributed by atoms with Crippen LogP contribution in [0.2, 0.25) is 5.02 Å². The number of hydrogen-bond acceptors (Lipinski definition) is 3. The van der Waals surface area contributed by atoms with Gasteiger partial charge in [-0.15, -0.1) is 0 Å². The first-order valence-electron chi connectivity index (χ1n) is 4.29. The van der Waals surface area contributed by atoms with Crippen LogP contribution >= 0.6 is 11.6 Å². The lowest BCUT2D eigenvalue weighted by molar-refractivity contribution is 0.832. The highest BCUT2D eigenvalue weighted by Crippen LogP contribution is 2.21. The molecule has 0 aromatic carbocycles. The number of rotatable bonds is 1. The molecular weight excluding hydrogens is 212 g/mol. The lowest BCUT2D eigenvalue weighted by Gasteiger charge is -2.03. The summed E-state index contributed by atoms with van der Waals surface area (Å²) in [6.45, 7) is 1.87. The Bertz CT molecular complexity index is 539. The first-order valence-corrected chi connectivity index (χ1v) is 4.67. The van der Waals surface area contributed by atoms with E-state index in [-0.39, 0.29) is 0 Å². The molecule has 0 aliphatic carbocycles. The SMILES string of the molecule is Cc1ccn(-c2nccc(C#N)c2Cl)n1. The molecule has 0 atom stereocenters. The first-order chi connectivity index (χ1) is 7.22. The molecule has 5 heteroatoms. The van der Waals surface area contributed by atoms with Crippen molar-refractivity contribution in [2.75, 3.05) is 0 Å². The summed E-state index contributed by atoms with van der Waals surface area (Å²) in [6, 6.07) is 5.42. The van der Waals surface area contributed by atoms with Crippen LogP contribution in [0.1, 0.15) is 11.3 Å². The Morgan fingerprint density at radius 3 is 2.87 bits per heavy atom. The highest BCUT2D eigenvalue weighted by molar-refractivity contribution is 6.33. The van der Waals surface area contributed by atoms with Gasteiger partial charge in [0.25, 0.3) is 0 Å². The summed E-state index contributed by atoms with van der Waals surface area (Å²) >= 11 is 6.01. The van der Waals surface area contributed by atoms with Crippen molar-refractivity contribution in [1.29, 1.82) is 5.26 Å². The molecule has 2 aromatic heterocycles. The molecule has 74 valence electrons. The number of aromatic nitrogens is 3. The summed E-state index contributed by atoms with van der Waals surface area (Å²) in [5, 5.41) is 13.3. The van der Waals surface area contributed by atoms with Gasteiger partial charge in [-0.2, -0.15) is 10.4 Å². The van der Waals surface area contributed by atoms with Gasteiger partial charge in [0.05, 0.1) is 11.3 Å². The average molecular weight is 219 g/mol. The van der Waals surface area contributed by atoms with E-state index in [1.807, 2.05) is 19.1 Å². The quantitative estimate of drug-likeness (QED) is 0.737. The van der Waals surface area contributed by atoms with E-state index in [4.69, 9.17) is 16.9 Å². The minimum absolute atomic E-state index is 0.322. The van der Waals surface area contributed by atoms with Crippen LogP contribution in [0.4, 0.5) is 0 Å². The highest BCUT2D eigenvalue weighted by atomic mass is 35.5. The van der Waals surface area contributed by atoms with Gasteiger partial charge < -0.3 is 0 Å². The molecule has 4 nitrogen and oxygen atoms in total. The van der Waals surface area contributed by atoms with Crippen LogP contribution in [0.5, 0.6) is 0 Å². The van der Waals surface area contributed by atoms with Crippen LogP contribution in [0.3, 0.4) is 0 Å². The molecule has 0 unspecified atom stereocenters. The zero-order valence-electron chi connectivity index (χ0n) is 7.98. The van der Waals surface area contributed by atoms with Crippen molar-refractivity contribution in [2.45, 2.75) is 6.92 Å². The summed E-state index contributed by atoms with van der Waals surface area (Å²) in [4.78, 5) is 4.09. The fourth-order valence-corrected chi connectivity index (χ4v) is 1.45. The van der Waals surface area contributed by atoms with Crippen LogP contribution in [0.25, 0.3) is 5.82 Å². The predicted octanol–water partition coefficient (Wildman–Crippen LogP) is 2.10. The Morgan fingerprint density at radius 2 is 2.27 bits per heavy atom. The van der Waals surface area contributed by atoms with Gasteiger partial charge in [-0.1, -0.05) is 11.6 Å². The second kappa shape index (κ2) is 3.71. The molecule has 0 aliphatic rings. The zero-order chi connectivity index (χ0) is 10.8. The fraction of sp³-hybridized carbons (Fsp3) is 0.100. The van der Waals surface area contributed by atoms with Crippen LogP contribution < -0.4 is 0 Å².